The molecule has 1 aromatic heterocycles. The lowest BCUT2D eigenvalue weighted by Crippen LogP contribution is -2.17. The molecule has 24 heavy (non-hydrogen) atoms. The van der Waals surface area contributed by atoms with Gasteiger partial charge in [-0.1, -0.05) is 42.1 Å². The van der Waals surface area contributed by atoms with Crippen LogP contribution in [0, 0.1) is 0 Å². The van der Waals surface area contributed by atoms with E-state index in [1.807, 2.05) is 36.4 Å². The summed E-state index contributed by atoms with van der Waals surface area (Å²) in [7, 11) is 0. The van der Waals surface area contributed by atoms with Crippen LogP contribution in [-0.4, -0.2) is 17.2 Å². The van der Waals surface area contributed by atoms with Gasteiger partial charge >= 0.3 is 0 Å². The highest BCUT2D eigenvalue weighted by atomic mass is 32.2. The van der Waals surface area contributed by atoms with Crippen LogP contribution in [0.2, 0.25) is 0 Å². The van der Waals surface area contributed by atoms with Crippen LogP contribution in [0.1, 0.15) is 16.1 Å². The number of hydrogen-bond acceptors (Lipinski definition) is 5. The number of hydrogen-bond donors (Lipinski definition) is 2. The number of para-hydroxylation sites is 1. The van der Waals surface area contributed by atoms with Gasteiger partial charge in [-0.05, 0) is 36.4 Å². The molecule has 0 bridgehead atoms. The van der Waals surface area contributed by atoms with Gasteiger partial charge in [-0.25, -0.2) is 5.43 Å². The average molecular weight is 338 g/mol. The molecule has 0 spiro atoms. The Hall–Kier alpha value is -2.99. The number of furan rings is 1. The molecule has 0 radical (unpaired) electrons. The third kappa shape index (κ3) is 4.05. The minimum atomic E-state index is -0.491. The molecule has 120 valence electrons. The van der Waals surface area contributed by atoms with Gasteiger partial charge in [0.15, 0.2) is 5.09 Å². The number of carbonyl (C=O) groups excluding carboxylic acids is 1. The molecule has 1 amide bonds. The molecule has 2 aromatic carbocycles. The molecule has 0 saturated heterocycles. The first-order chi connectivity index (χ1) is 11.7. The molecule has 5 nitrogen and oxygen atoms in total. The topological polar surface area (TPSA) is 74.8 Å². The Morgan fingerprint density at radius 1 is 1.04 bits per heavy atom. The lowest BCUT2D eigenvalue weighted by atomic mass is 10.2. The molecule has 2 N–H and O–H groups in total. The van der Waals surface area contributed by atoms with Crippen LogP contribution >= 0.6 is 11.8 Å². The maximum atomic E-state index is 11.9. The van der Waals surface area contributed by atoms with E-state index in [0.717, 1.165) is 9.99 Å². The van der Waals surface area contributed by atoms with Crippen LogP contribution in [0.4, 0.5) is 0 Å². The molecule has 0 unspecified atom stereocenters. The summed E-state index contributed by atoms with van der Waals surface area (Å²) in [5.74, 6) is -0.0643. The standard InChI is InChI=1S/C18H14N2O3S/c21-16-9-5-4-8-15(16)18(22)20-19-12-13-10-11-17(23-13)24-14-6-2-1-3-7-14/h1-12,21H,(H,20,22)/b19-12+. The van der Waals surface area contributed by atoms with E-state index in [4.69, 9.17) is 4.42 Å². The Labute approximate surface area is 143 Å². The van der Waals surface area contributed by atoms with Crippen molar-refractivity contribution >= 4 is 23.9 Å². The number of hydrazone groups is 1. The minimum absolute atomic E-state index is 0.0928. The van der Waals surface area contributed by atoms with Crippen molar-refractivity contribution in [2.45, 2.75) is 9.99 Å². The summed E-state index contributed by atoms with van der Waals surface area (Å²) in [6, 6.07) is 19.7. The number of aromatic hydroxyl groups is 1. The van der Waals surface area contributed by atoms with Crippen molar-refractivity contribution in [1.29, 1.82) is 0 Å². The number of amides is 1. The van der Waals surface area contributed by atoms with Gasteiger partial charge in [-0.3, -0.25) is 4.79 Å². The molecular formula is C18H14N2O3S. The Kier molecular flexibility index (Phi) is 4.98. The van der Waals surface area contributed by atoms with E-state index in [-0.39, 0.29) is 11.3 Å². The third-order valence-corrected chi connectivity index (χ3v) is 4.00. The van der Waals surface area contributed by atoms with Crippen molar-refractivity contribution in [1.82, 2.24) is 5.43 Å². The number of phenolic OH excluding ortho intramolecular Hbond substituents is 1. The van der Waals surface area contributed by atoms with E-state index in [1.54, 1.807) is 18.2 Å². The van der Waals surface area contributed by atoms with Crippen molar-refractivity contribution < 1.29 is 14.3 Å². The van der Waals surface area contributed by atoms with Gasteiger partial charge < -0.3 is 9.52 Å². The Morgan fingerprint density at radius 3 is 2.58 bits per heavy atom. The van der Waals surface area contributed by atoms with Gasteiger partial charge in [0.05, 0.1) is 11.8 Å². The molecular weight excluding hydrogens is 324 g/mol. The van der Waals surface area contributed by atoms with E-state index in [2.05, 4.69) is 10.5 Å². The van der Waals surface area contributed by atoms with Gasteiger partial charge in [0.2, 0.25) is 0 Å². The summed E-state index contributed by atoms with van der Waals surface area (Å²) in [5, 5.41) is 14.2. The van der Waals surface area contributed by atoms with E-state index in [0.29, 0.717) is 5.76 Å². The maximum Gasteiger partial charge on any atom is 0.275 e. The second kappa shape index (κ2) is 7.52. The predicted molar refractivity (Wildman–Crippen MR) is 92.4 cm³/mol. The summed E-state index contributed by atoms with van der Waals surface area (Å²) in [4.78, 5) is 13.0. The van der Waals surface area contributed by atoms with E-state index in [9.17, 15) is 9.90 Å². The third-order valence-electron chi connectivity index (χ3n) is 3.07. The first kappa shape index (κ1) is 15.9. The zero-order valence-electron chi connectivity index (χ0n) is 12.5. The summed E-state index contributed by atoms with van der Waals surface area (Å²) in [5.41, 5.74) is 2.51. The fraction of sp³-hybridized carbons (Fsp3) is 0. The number of benzene rings is 2. The van der Waals surface area contributed by atoms with E-state index >= 15 is 0 Å². The molecule has 0 fully saturated rings. The minimum Gasteiger partial charge on any atom is -0.507 e. The maximum absolute atomic E-state index is 11.9. The number of nitrogens with one attached hydrogen (secondary N) is 1. The number of nitrogens with zero attached hydrogens (tertiary/aromatic N) is 1. The van der Waals surface area contributed by atoms with Gasteiger partial charge in [-0.2, -0.15) is 5.10 Å². The Morgan fingerprint density at radius 2 is 1.79 bits per heavy atom. The average Bonchev–Trinajstić information content (AvgIpc) is 3.03. The summed E-state index contributed by atoms with van der Waals surface area (Å²) >= 11 is 1.50. The second-order valence-corrected chi connectivity index (χ2v) is 5.87. The molecule has 0 aliphatic heterocycles. The Bertz CT molecular complexity index is 859. The smallest absolute Gasteiger partial charge is 0.275 e. The molecule has 6 heteroatoms. The highest BCUT2D eigenvalue weighted by Crippen LogP contribution is 2.28. The largest absolute Gasteiger partial charge is 0.507 e. The Balaban J connectivity index is 1.59. The molecule has 3 rings (SSSR count). The van der Waals surface area contributed by atoms with Gasteiger partial charge in [0, 0.05) is 4.90 Å². The molecule has 3 aromatic rings. The van der Waals surface area contributed by atoms with Gasteiger partial charge in [0.25, 0.3) is 5.91 Å². The molecule has 0 aliphatic carbocycles. The molecule has 0 atom stereocenters. The molecule has 0 aliphatic rings. The summed E-state index contributed by atoms with van der Waals surface area (Å²) < 4.78 is 5.61. The lowest BCUT2D eigenvalue weighted by Gasteiger charge is -2.01. The first-order valence-electron chi connectivity index (χ1n) is 7.16. The van der Waals surface area contributed by atoms with Crippen molar-refractivity contribution in [2.24, 2.45) is 5.10 Å². The van der Waals surface area contributed by atoms with Crippen LogP contribution in [-0.2, 0) is 0 Å². The quantitative estimate of drug-likeness (QED) is 0.546. The molecule has 1 heterocycles. The highest BCUT2D eigenvalue weighted by molar-refractivity contribution is 7.99. The van der Waals surface area contributed by atoms with Crippen LogP contribution in [0.5, 0.6) is 5.75 Å². The predicted octanol–water partition coefficient (Wildman–Crippen LogP) is 3.90. The fourth-order valence-corrected chi connectivity index (χ4v) is 2.74. The zero-order chi connectivity index (χ0) is 16.8. The summed E-state index contributed by atoms with van der Waals surface area (Å²) in [6.45, 7) is 0. The van der Waals surface area contributed by atoms with E-state index < -0.39 is 5.91 Å². The van der Waals surface area contributed by atoms with Crippen molar-refractivity contribution in [2.75, 3.05) is 0 Å². The normalized spacial score (nSPS) is 10.8. The van der Waals surface area contributed by atoms with E-state index in [1.165, 1.54) is 30.1 Å². The fourth-order valence-electron chi connectivity index (χ4n) is 1.94. The first-order valence-corrected chi connectivity index (χ1v) is 7.98. The van der Waals surface area contributed by atoms with Gasteiger partial charge in [-0.15, -0.1) is 0 Å². The van der Waals surface area contributed by atoms with Gasteiger partial charge in [0.1, 0.15) is 11.5 Å². The van der Waals surface area contributed by atoms with Crippen LogP contribution in [0.15, 0.2) is 86.2 Å². The number of phenols is 1. The van der Waals surface area contributed by atoms with Crippen molar-refractivity contribution in [3.05, 3.63) is 78.1 Å². The second-order valence-electron chi connectivity index (χ2n) is 4.79. The SMILES string of the molecule is O=C(N/N=C/c1ccc(Sc2ccccc2)o1)c1ccccc1O. The number of carbonyl (C=O) groups is 1. The highest BCUT2D eigenvalue weighted by Gasteiger charge is 2.08. The zero-order valence-corrected chi connectivity index (χ0v) is 13.4. The number of rotatable bonds is 5. The van der Waals surface area contributed by atoms with Crippen LogP contribution < -0.4 is 5.43 Å². The molecule has 0 saturated carbocycles. The lowest BCUT2D eigenvalue weighted by molar-refractivity contribution is 0.0952. The van der Waals surface area contributed by atoms with Crippen LogP contribution in [0.3, 0.4) is 0 Å². The monoisotopic (exact) mass is 338 g/mol. The van der Waals surface area contributed by atoms with Crippen molar-refractivity contribution in [3.8, 4) is 5.75 Å². The summed E-state index contributed by atoms with van der Waals surface area (Å²) in [6.07, 6.45) is 1.41. The van der Waals surface area contributed by atoms with Crippen LogP contribution in [0.25, 0.3) is 0 Å². The van der Waals surface area contributed by atoms with Crippen molar-refractivity contribution in [3.63, 3.8) is 0 Å².